The standard InChI is InChI=1S/C20H22N2O3S/c1-14(5-8-18-4-3-11-25-18)21-19(23)12-16-13-26-20(22-16)15-6-9-17(24-2)10-7-15/h3-4,6-7,9-11,13-14H,5,8,12H2,1-2H3,(H,21,23)/t14-/m1/s1. The topological polar surface area (TPSA) is 64.4 Å². The predicted molar refractivity (Wildman–Crippen MR) is 102 cm³/mol. The molecule has 3 aromatic rings. The lowest BCUT2D eigenvalue weighted by molar-refractivity contribution is -0.121. The van der Waals surface area contributed by atoms with Crippen molar-refractivity contribution in [1.82, 2.24) is 10.3 Å². The number of methoxy groups -OCH3 is 1. The predicted octanol–water partition coefficient (Wildman–Crippen LogP) is 4.09. The molecule has 2 aromatic heterocycles. The largest absolute Gasteiger partial charge is 0.497 e. The van der Waals surface area contributed by atoms with Gasteiger partial charge in [0.25, 0.3) is 0 Å². The van der Waals surface area contributed by atoms with Gasteiger partial charge in [-0.05, 0) is 49.7 Å². The molecule has 0 fully saturated rings. The Balaban J connectivity index is 1.50. The fourth-order valence-electron chi connectivity index (χ4n) is 2.63. The summed E-state index contributed by atoms with van der Waals surface area (Å²) in [5, 5.41) is 5.86. The zero-order valence-electron chi connectivity index (χ0n) is 14.9. The first kappa shape index (κ1) is 18.2. The molecule has 0 spiro atoms. The summed E-state index contributed by atoms with van der Waals surface area (Å²) >= 11 is 1.54. The van der Waals surface area contributed by atoms with E-state index in [1.54, 1.807) is 24.7 Å². The number of rotatable bonds is 8. The number of amides is 1. The zero-order chi connectivity index (χ0) is 18.4. The first-order chi connectivity index (χ1) is 12.6. The molecule has 1 N–H and O–H groups in total. The lowest BCUT2D eigenvalue weighted by Crippen LogP contribution is -2.34. The lowest BCUT2D eigenvalue weighted by Gasteiger charge is -2.12. The molecule has 6 heteroatoms. The van der Waals surface area contributed by atoms with Crippen LogP contribution in [0.15, 0.2) is 52.5 Å². The molecule has 0 aliphatic rings. The second-order valence-electron chi connectivity index (χ2n) is 6.14. The van der Waals surface area contributed by atoms with Gasteiger partial charge in [0, 0.05) is 23.4 Å². The maximum atomic E-state index is 12.2. The van der Waals surface area contributed by atoms with Gasteiger partial charge in [-0.25, -0.2) is 4.98 Å². The van der Waals surface area contributed by atoms with Crippen LogP contribution in [0.25, 0.3) is 10.6 Å². The molecule has 1 atom stereocenters. The Hall–Kier alpha value is -2.60. The molecule has 0 saturated heterocycles. The molecule has 0 radical (unpaired) electrons. The SMILES string of the molecule is COc1ccc(-c2nc(CC(=O)N[C@H](C)CCc3ccco3)cs2)cc1. The van der Waals surface area contributed by atoms with Crippen LogP contribution in [-0.4, -0.2) is 24.0 Å². The van der Waals surface area contributed by atoms with Gasteiger partial charge < -0.3 is 14.5 Å². The normalized spacial score (nSPS) is 11.9. The zero-order valence-corrected chi connectivity index (χ0v) is 15.7. The van der Waals surface area contributed by atoms with Crippen molar-refractivity contribution in [3.8, 4) is 16.3 Å². The monoisotopic (exact) mass is 370 g/mol. The van der Waals surface area contributed by atoms with Crippen molar-refractivity contribution < 1.29 is 13.9 Å². The second-order valence-corrected chi connectivity index (χ2v) is 6.99. The summed E-state index contributed by atoms with van der Waals surface area (Å²) in [6.07, 6.45) is 3.61. The van der Waals surface area contributed by atoms with Gasteiger partial charge in [0.15, 0.2) is 0 Å². The molecule has 3 rings (SSSR count). The Morgan fingerprint density at radius 3 is 2.81 bits per heavy atom. The summed E-state index contributed by atoms with van der Waals surface area (Å²) < 4.78 is 10.5. The van der Waals surface area contributed by atoms with Gasteiger partial charge >= 0.3 is 0 Å². The van der Waals surface area contributed by atoms with Gasteiger partial charge in [-0.15, -0.1) is 11.3 Å². The Morgan fingerprint density at radius 1 is 1.31 bits per heavy atom. The van der Waals surface area contributed by atoms with Crippen LogP contribution in [0.4, 0.5) is 0 Å². The molecule has 0 unspecified atom stereocenters. The number of aromatic nitrogens is 1. The van der Waals surface area contributed by atoms with Crippen LogP contribution >= 0.6 is 11.3 Å². The van der Waals surface area contributed by atoms with Crippen molar-refractivity contribution >= 4 is 17.2 Å². The minimum absolute atomic E-state index is 0.0106. The average molecular weight is 370 g/mol. The number of thiazole rings is 1. The van der Waals surface area contributed by atoms with Crippen LogP contribution < -0.4 is 10.1 Å². The van der Waals surface area contributed by atoms with Crippen LogP contribution in [0.2, 0.25) is 0 Å². The molecule has 26 heavy (non-hydrogen) atoms. The van der Waals surface area contributed by atoms with E-state index >= 15 is 0 Å². The highest BCUT2D eigenvalue weighted by molar-refractivity contribution is 7.13. The van der Waals surface area contributed by atoms with Crippen molar-refractivity contribution in [3.05, 3.63) is 59.5 Å². The summed E-state index contributed by atoms with van der Waals surface area (Å²) in [6.45, 7) is 2.00. The number of benzene rings is 1. The molecule has 2 heterocycles. The average Bonchev–Trinajstić information content (AvgIpc) is 3.32. The van der Waals surface area contributed by atoms with Crippen LogP contribution in [0.5, 0.6) is 5.75 Å². The van der Waals surface area contributed by atoms with E-state index in [0.717, 1.165) is 40.6 Å². The highest BCUT2D eigenvalue weighted by Gasteiger charge is 2.12. The third-order valence-electron chi connectivity index (χ3n) is 4.04. The third-order valence-corrected chi connectivity index (χ3v) is 4.98. The van der Waals surface area contributed by atoms with Crippen molar-refractivity contribution in [2.45, 2.75) is 32.2 Å². The Bertz CT molecular complexity index is 825. The summed E-state index contributed by atoms with van der Waals surface area (Å²) in [5.41, 5.74) is 1.81. The van der Waals surface area contributed by atoms with Crippen molar-refractivity contribution in [3.63, 3.8) is 0 Å². The van der Waals surface area contributed by atoms with Crippen LogP contribution in [0.3, 0.4) is 0 Å². The molecule has 1 aromatic carbocycles. The van der Waals surface area contributed by atoms with Crippen LogP contribution in [-0.2, 0) is 17.6 Å². The first-order valence-electron chi connectivity index (χ1n) is 8.54. The smallest absolute Gasteiger partial charge is 0.226 e. The van der Waals surface area contributed by atoms with E-state index in [-0.39, 0.29) is 18.4 Å². The number of hydrogen-bond acceptors (Lipinski definition) is 5. The number of ether oxygens (including phenoxy) is 1. The van der Waals surface area contributed by atoms with Crippen molar-refractivity contribution in [2.75, 3.05) is 7.11 Å². The fraction of sp³-hybridized carbons (Fsp3) is 0.300. The van der Waals surface area contributed by atoms with E-state index < -0.39 is 0 Å². The minimum atomic E-state index is -0.0106. The molecule has 0 aliphatic carbocycles. The van der Waals surface area contributed by atoms with Crippen LogP contribution in [0.1, 0.15) is 24.8 Å². The van der Waals surface area contributed by atoms with E-state index in [0.29, 0.717) is 0 Å². The van der Waals surface area contributed by atoms with Gasteiger partial charge in [-0.3, -0.25) is 4.79 Å². The van der Waals surface area contributed by atoms with Crippen LogP contribution in [0, 0.1) is 0 Å². The van der Waals surface area contributed by atoms with E-state index in [4.69, 9.17) is 9.15 Å². The first-order valence-corrected chi connectivity index (χ1v) is 9.42. The van der Waals surface area contributed by atoms with Crippen molar-refractivity contribution in [2.24, 2.45) is 0 Å². The number of carbonyl (C=O) groups excluding carboxylic acids is 1. The molecular formula is C20H22N2O3S. The molecule has 136 valence electrons. The highest BCUT2D eigenvalue weighted by Crippen LogP contribution is 2.25. The number of carbonyl (C=O) groups is 1. The van der Waals surface area contributed by atoms with E-state index in [1.165, 1.54) is 0 Å². The fourth-order valence-corrected chi connectivity index (χ4v) is 3.46. The van der Waals surface area contributed by atoms with E-state index in [9.17, 15) is 4.79 Å². The number of aryl methyl sites for hydroxylation is 1. The quantitative estimate of drug-likeness (QED) is 0.649. The molecule has 1 amide bonds. The number of hydrogen-bond donors (Lipinski definition) is 1. The number of nitrogens with one attached hydrogen (secondary N) is 1. The van der Waals surface area contributed by atoms with Gasteiger partial charge in [0.2, 0.25) is 5.91 Å². The lowest BCUT2D eigenvalue weighted by atomic mass is 10.1. The molecule has 0 bridgehead atoms. The highest BCUT2D eigenvalue weighted by atomic mass is 32.1. The Labute approximate surface area is 157 Å². The molecule has 5 nitrogen and oxygen atoms in total. The van der Waals surface area contributed by atoms with Gasteiger partial charge in [0.1, 0.15) is 16.5 Å². The second kappa shape index (κ2) is 8.67. The molecular weight excluding hydrogens is 348 g/mol. The number of nitrogens with zero attached hydrogens (tertiary/aromatic N) is 1. The van der Waals surface area contributed by atoms with Gasteiger partial charge in [-0.1, -0.05) is 0 Å². The van der Waals surface area contributed by atoms with E-state index in [1.807, 2.05) is 48.7 Å². The third kappa shape index (κ3) is 4.95. The van der Waals surface area contributed by atoms with Gasteiger partial charge in [0.05, 0.1) is 25.5 Å². The summed E-state index contributed by atoms with van der Waals surface area (Å²) in [7, 11) is 1.64. The molecule has 0 aliphatic heterocycles. The minimum Gasteiger partial charge on any atom is -0.497 e. The maximum Gasteiger partial charge on any atom is 0.226 e. The van der Waals surface area contributed by atoms with Gasteiger partial charge in [-0.2, -0.15) is 0 Å². The summed E-state index contributed by atoms with van der Waals surface area (Å²) in [4.78, 5) is 16.8. The summed E-state index contributed by atoms with van der Waals surface area (Å²) in [6, 6.07) is 11.7. The summed E-state index contributed by atoms with van der Waals surface area (Å²) in [5.74, 6) is 1.74. The maximum absolute atomic E-state index is 12.2. The molecule has 0 saturated carbocycles. The Morgan fingerprint density at radius 2 is 2.12 bits per heavy atom. The Kier molecular flexibility index (Phi) is 6.07. The van der Waals surface area contributed by atoms with Crippen molar-refractivity contribution in [1.29, 1.82) is 0 Å². The van der Waals surface area contributed by atoms with E-state index in [2.05, 4.69) is 10.3 Å². The number of furan rings is 1.